The van der Waals surface area contributed by atoms with E-state index in [1.54, 1.807) is 0 Å². The number of halogens is 1. The van der Waals surface area contributed by atoms with Gasteiger partial charge in [-0.3, -0.25) is 0 Å². The van der Waals surface area contributed by atoms with Crippen molar-refractivity contribution in [1.82, 2.24) is 5.32 Å². The summed E-state index contributed by atoms with van der Waals surface area (Å²) in [6.07, 6.45) is 1.28. The second-order valence-corrected chi connectivity index (χ2v) is 6.27. The summed E-state index contributed by atoms with van der Waals surface area (Å²) in [6.45, 7) is 3.93. The highest BCUT2D eigenvalue weighted by molar-refractivity contribution is 9.10. The van der Waals surface area contributed by atoms with Crippen molar-refractivity contribution in [1.29, 1.82) is 0 Å². The second-order valence-electron chi connectivity index (χ2n) is 5.35. The molecule has 0 aliphatic heterocycles. The molecule has 0 radical (unpaired) electrons. The van der Waals surface area contributed by atoms with E-state index in [0.717, 1.165) is 35.0 Å². The maximum atomic E-state index is 5.87. The van der Waals surface area contributed by atoms with Crippen molar-refractivity contribution < 1.29 is 4.42 Å². The smallest absolute Gasteiger partial charge is 0.117 e. The first-order chi connectivity index (χ1) is 9.22. The first kappa shape index (κ1) is 12.9. The Bertz CT molecular complexity index is 546. The molecule has 3 rings (SSSR count). The number of benzene rings is 1. The minimum absolute atomic E-state index is 0.667. The summed E-state index contributed by atoms with van der Waals surface area (Å²) in [5, 5.41) is 3.41. The molecule has 1 aromatic heterocycles. The van der Waals surface area contributed by atoms with Gasteiger partial charge < -0.3 is 9.73 Å². The summed E-state index contributed by atoms with van der Waals surface area (Å²) in [6, 6.07) is 12.6. The maximum Gasteiger partial charge on any atom is 0.117 e. The first-order valence-electron chi connectivity index (χ1n) is 6.76. The van der Waals surface area contributed by atoms with Crippen LogP contribution in [-0.2, 0) is 13.1 Å². The van der Waals surface area contributed by atoms with Crippen LogP contribution in [0.2, 0.25) is 0 Å². The topological polar surface area (TPSA) is 25.2 Å². The predicted molar refractivity (Wildman–Crippen MR) is 79.9 cm³/mol. The molecule has 1 N–H and O–H groups in total. The van der Waals surface area contributed by atoms with Gasteiger partial charge in [0.25, 0.3) is 0 Å². The fourth-order valence-electron chi connectivity index (χ4n) is 2.34. The highest BCUT2D eigenvalue weighted by Gasteiger charge is 2.36. The highest BCUT2D eigenvalue weighted by atomic mass is 79.9. The Kier molecular flexibility index (Phi) is 3.76. The predicted octanol–water partition coefficient (Wildman–Crippen LogP) is 4.46. The molecule has 1 aliphatic rings. The van der Waals surface area contributed by atoms with Crippen molar-refractivity contribution in [2.45, 2.75) is 32.4 Å². The van der Waals surface area contributed by atoms with E-state index in [4.69, 9.17) is 4.42 Å². The van der Waals surface area contributed by atoms with E-state index in [1.165, 1.54) is 12.0 Å². The van der Waals surface area contributed by atoms with Crippen LogP contribution >= 0.6 is 15.9 Å². The Hall–Kier alpha value is -1.06. The van der Waals surface area contributed by atoms with Crippen LogP contribution in [0.25, 0.3) is 0 Å². The first-order valence-corrected chi connectivity index (χ1v) is 7.55. The maximum absolute atomic E-state index is 5.87. The standard InChI is InChI=1S/C16H18BrNO/c1-11-8-15(11)16-7-6-14(19-16)10-18-9-12-2-4-13(17)5-3-12/h2-7,11,15,18H,8-10H2,1H3. The van der Waals surface area contributed by atoms with Gasteiger partial charge in [-0.2, -0.15) is 0 Å². The van der Waals surface area contributed by atoms with Crippen molar-refractivity contribution in [2.24, 2.45) is 5.92 Å². The van der Waals surface area contributed by atoms with Gasteiger partial charge in [-0.1, -0.05) is 35.0 Å². The molecular formula is C16H18BrNO. The molecular weight excluding hydrogens is 302 g/mol. The van der Waals surface area contributed by atoms with E-state index in [0.29, 0.717) is 5.92 Å². The van der Waals surface area contributed by atoms with Crippen LogP contribution in [0.1, 0.15) is 36.3 Å². The molecule has 1 aliphatic carbocycles. The Morgan fingerprint density at radius 1 is 1.16 bits per heavy atom. The molecule has 0 bridgehead atoms. The summed E-state index contributed by atoms with van der Waals surface area (Å²) in [5.41, 5.74) is 1.28. The van der Waals surface area contributed by atoms with Gasteiger partial charge in [0.2, 0.25) is 0 Å². The van der Waals surface area contributed by atoms with E-state index in [2.05, 4.69) is 64.6 Å². The van der Waals surface area contributed by atoms with Crippen LogP contribution in [0, 0.1) is 5.92 Å². The molecule has 2 unspecified atom stereocenters. The zero-order valence-electron chi connectivity index (χ0n) is 11.0. The van der Waals surface area contributed by atoms with Gasteiger partial charge in [-0.15, -0.1) is 0 Å². The second kappa shape index (κ2) is 5.51. The minimum Gasteiger partial charge on any atom is -0.464 e. The number of nitrogens with one attached hydrogen (secondary N) is 1. The van der Waals surface area contributed by atoms with Gasteiger partial charge in [0.1, 0.15) is 11.5 Å². The number of hydrogen-bond donors (Lipinski definition) is 1. The van der Waals surface area contributed by atoms with Crippen LogP contribution in [0.15, 0.2) is 45.3 Å². The van der Waals surface area contributed by atoms with Gasteiger partial charge in [0.05, 0.1) is 6.54 Å². The molecule has 0 saturated heterocycles. The Morgan fingerprint density at radius 3 is 2.58 bits per heavy atom. The fraction of sp³-hybridized carbons (Fsp3) is 0.375. The van der Waals surface area contributed by atoms with E-state index in [-0.39, 0.29) is 0 Å². The van der Waals surface area contributed by atoms with Crippen molar-refractivity contribution in [3.63, 3.8) is 0 Å². The molecule has 1 fully saturated rings. The molecule has 3 heteroatoms. The van der Waals surface area contributed by atoms with Crippen LogP contribution in [0.3, 0.4) is 0 Å². The Labute approximate surface area is 122 Å². The van der Waals surface area contributed by atoms with E-state index < -0.39 is 0 Å². The summed E-state index contributed by atoms with van der Waals surface area (Å²) >= 11 is 3.44. The third-order valence-corrected chi connectivity index (χ3v) is 4.23. The molecule has 1 aromatic carbocycles. The summed E-state index contributed by atoms with van der Waals surface area (Å²) in [5.74, 6) is 3.66. The van der Waals surface area contributed by atoms with Gasteiger partial charge >= 0.3 is 0 Å². The molecule has 1 heterocycles. The fourth-order valence-corrected chi connectivity index (χ4v) is 2.60. The average Bonchev–Trinajstić information content (AvgIpc) is 2.96. The summed E-state index contributed by atoms with van der Waals surface area (Å²) < 4.78 is 6.98. The van der Waals surface area contributed by atoms with Gasteiger partial charge in [-0.25, -0.2) is 0 Å². The highest BCUT2D eigenvalue weighted by Crippen LogP contribution is 2.47. The minimum atomic E-state index is 0.667. The lowest BCUT2D eigenvalue weighted by atomic mass is 10.2. The third-order valence-electron chi connectivity index (χ3n) is 3.70. The molecule has 0 spiro atoms. The average molecular weight is 320 g/mol. The SMILES string of the molecule is CC1CC1c1ccc(CNCc2ccc(Br)cc2)o1. The number of furan rings is 1. The van der Waals surface area contributed by atoms with Crippen molar-refractivity contribution in [3.8, 4) is 0 Å². The lowest BCUT2D eigenvalue weighted by molar-refractivity contribution is 0.444. The molecule has 19 heavy (non-hydrogen) atoms. The van der Waals surface area contributed by atoms with Crippen molar-refractivity contribution in [3.05, 3.63) is 58.0 Å². The van der Waals surface area contributed by atoms with E-state index in [1.807, 2.05) is 0 Å². The molecule has 2 nitrogen and oxygen atoms in total. The summed E-state index contributed by atoms with van der Waals surface area (Å²) in [7, 11) is 0. The van der Waals surface area contributed by atoms with Gasteiger partial charge in [0.15, 0.2) is 0 Å². The van der Waals surface area contributed by atoms with Crippen LogP contribution < -0.4 is 5.32 Å². The van der Waals surface area contributed by atoms with Crippen LogP contribution in [0.4, 0.5) is 0 Å². The zero-order chi connectivity index (χ0) is 13.2. The molecule has 0 amide bonds. The third kappa shape index (κ3) is 3.28. The quantitative estimate of drug-likeness (QED) is 0.880. The Balaban J connectivity index is 1.49. The monoisotopic (exact) mass is 319 g/mol. The molecule has 1 saturated carbocycles. The normalized spacial score (nSPS) is 21.6. The van der Waals surface area contributed by atoms with Crippen molar-refractivity contribution in [2.75, 3.05) is 0 Å². The molecule has 100 valence electrons. The summed E-state index contributed by atoms with van der Waals surface area (Å²) in [4.78, 5) is 0. The van der Waals surface area contributed by atoms with E-state index in [9.17, 15) is 0 Å². The largest absolute Gasteiger partial charge is 0.464 e. The zero-order valence-corrected chi connectivity index (χ0v) is 12.6. The lowest BCUT2D eigenvalue weighted by Gasteiger charge is -2.03. The Morgan fingerprint density at radius 2 is 1.89 bits per heavy atom. The van der Waals surface area contributed by atoms with Crippen LogP contribution in [-0.4, -0.2) is 0 Å². The number of rotatable bonds is 5. The number of hydrogen-bond acceptors (Lipinski definition) is 2. The van der Waals surface area contributed by atoms with Crippen molar-refractivity contribution >= 4 is 15.9 Å². The van der Waals surface area contributed by atoms with E-state index >= 15 is 0 Å². The molecule has 2 atom stereocenters. The van der Waals surface area contributed by atoms with Crippen LogP contribution in [0.5, 0.6) is 0 Å². The van der Waals surface area contributed by atoms with Gasteiger partial charge in [0, 0.05) is 16.9 Å². The van der Waals surface area contributed by atoms with Gasteiger partial charge in [-0.05, 0) is 42.2 Å². The lowest BCUT2D eigenvalue weighted by Crippen LogP contribution is -2.11. The molecule has 2 aromatic rings.